The van der Waals surface area contributed by atoms with Gasteiger partial charge in [0.1, 0.15) is 41.5 Å². The lowest BCUT2D eigenvalue weighted by atomic mass is 9.55. The highest BCUT2D eigenvalue weighted by atomic mass is 19.1. The number of hydrogen-bond acceptors (Lipinski definition) is 13. The first-order valence-corrected chi connectivity index (χ1v) is 25.1. The van der Waals surface area contributed by atoms with E-state index < -0.39 is 45.4 Å². The fourth-order valence-electron chi connectivity index (χ4n) is 10.9. The predicted octanol–water partition coefficient (Wildman–Crippen LogP) is 12.1. The molecule has 16 nitrogen and oxygen atoms in total. The van der Waals surface area contributed by atoms with Gasteiger partial charge in [-0.05, 0) is 132 Å². The maximum Gasteiger partial charge on any atom is 0.416 e. The van der Waals surface area contributed by atoms with Gasteiger partial charge in [-0.15, -0.1) is 6.58 Å². The number of nitro groups is 2. The molecule has 388 valence electrons. The Balaban J connectivity index is 1.24. The van der Waals surface area contributed by atoms with Crippen molar-refractivity contribution in [2.24, 2.45) is 22.9 Å². The fraction of sp³-hybridized carbons (Fsp3) is 0.310. The Morgan fingerprint density at radius 3 is 2.13 bits per heavy atom. The van der Waals surface area contributed by atoms with Crippen LogP contribution in [0.5, 0.6) is 23.0 Å². The van der Waals surface area contributed by atoms with Gasteiger partial charge in [0, 0.05) is 61.9 Å². The highest BCUT2D eigenvalue weighted by Crippen LogP contribution is 2.62. The molecule has 1 amide bonds. The summed E-state index contributed by atoms with van der Waals surface area (Å²) in [6, 6.07) is 35.2. The SMILES string of the molecule is C=CCOC12Oc3ccc(Oc4ccc5ccccc5c4)cc3C3C(CCCCO)C(CCCCO)C=C(C(=NOCc4ccc([N+](=O)[O-])cc4)CC1N(Cc1ccc(F)cc1)C(=O)Oc1ccc([N+](=O)[O-])cc1)C32. The zero-order valence-electron chi connectivity index (χ0n) is 41.1. The van der Waals surface area contributed by atoms with Gasteiger partial charge in [0.25, 0.3) is 11.4 Å². The maximum absolute atomic E-state index is 15.2. The Labute approximate surface area is 432 Å². The minimum atomic E-state index is -1.73. The molecule has 2 N–H and O–H groups in total. The van der Waals surface area contributed by atoms with Gasteiger partial charge in [-0.25, -0.2) is 9.18 Å². The van der Waals surface area contributed by atoms with Crippen LogP contribution in [0, 0.1) is 43.8 Å². The number of nitrogens with zero attached hydrogens (tertiary/aromatic N) is 4. The van der Waals surface area contributed by atoms with Crippen LogP contribution in [0.4, 0.5) is 20.6 Å². The van der Waals surface area contributed by atoms with E-state index in [1.165, 1.54) is 53.4 Å². The molecular formula is C58H57FN4O12. The number of rotatable bonds is 22. The molecule has 0 radical (unpaired) electrons. The standard InChI is InChI=1S/C58H57FN4O12/c1-2-31-71-58-54(61(36-38-13-18-43(59)19-14-38)57(66)74-46-25-22-45(23-26-46)63(69)70)35-52(60-72-37-39-15-20-44(21-16-39)62(67)68)50-33-42(11-5-7-29-64)49(12-6-8-30-65)55(56(50)58)51-34-48(27-28-53(51)75-58)73-47-24-17-40-9-3-4-10-41(40)32-47/h2-4,9-10,13-28,32-34,42,49,54-56,64-65H,1,5-8,11-12,29-31,35-37H2. The van der Waals surface area contributed by atoms with E-state index in [4.69, 9.17) is 28.9 Å². The van der Waals surface area contributed by atoms with Gasteiger partial charge in [0.2, 0.25) is 5.79 Å². The third-order valence-electron chi connectivity index (χ3n) is 14.3. The summed E-state index contributed by atoms with van der Waals surface area (Å²) in [4.78, 5) is 44.9. The number of aliphatic hydroxyl groups is 2. The summed E-state index contributed by atoms with van der Waals surface area (Å²) >= 11 is 0. The average Bonchev–Trinajstić information content (AvgIpc) is 3.46. The maximum atomic E-state index is 15.2. The van der Waals surface area contributed by atoms with E-state index in [0.29, 0.717) is 72.6 Å². The summed E-state index contributed by atoms with van der Waals surface area (Å²) in [6.07, 6.45) is 6.74. The normalized spacial score (nSPS) is 21.0. The molecule has 0 spiro atoms. The third kappa shape index (κ3) is 11.6. The first kappa shape index (κ1) is 51.9. The number of oxime groups is 1. The van der Waals surface area contributed by atoms with Crippen molar-refractivity contribution >= 4 is 34.0 Å². The van der Waals surface area contributed by atoms with E-state index in [-0.39, 0.29) is 68.4 Å². The molecule has 1 saturated carbocycles. The molecule has 6 unspecified atom stereocenters. The number of amides is 1. The molecule has 0 saturated heterocycles. The smallest absolute Gasteiger partial charge is 0.416 e. The summed E-state index contributed by atoms with van der Waals surface area (Å²) in [7, 11) is 0. The van der Waals surface area contributed by atoms with Gasteiger partial charge in [-0.1, -0.05) is 72.6 Å². The lowest BCUT2D eigenvalue weighted by Crippen LogP contribution is -2.70. The van der Waals surface area contributed by atoms with Crippen molar-refractivity contribution in [2.45, 2.75) is 75.8 Å². The predicted molar refractivity (Wildman–Crippen MR) is 278 cm³/mol. The molecule has 75 heavy (non-hydrogen) atoms. The van der Waals surface area contributed by atoms with Crippen molar-refractivity contribution in [3.05, 3.63) is 201 Å². The number of carbonyl (C=O) groups is 1. The van der Waals surface area contributed by atoms with Crippen LogP contribution in [-0.4, -0.2) is 68.4 Å². The summed E-state index contributed by atoms with van der Waals surface area (Å²) in [5.74, 6) is -1.95. The molecule has 2 aliphatic carbocycles. The van der Waals surface area contributed by atoms with Crippen molar-refractivity contribution in [3.8, 4) is 23.0 Å². The molecule has 6 aromatic rings. The number of hydrogen-bond donors (Lipinski definition) is 2. The van der Waals surface area contributed by atoms with Crippen LogP contribution < -0.4 is 14.2 Å². The van der Waals surface area contributed by atoms with Crippen LogP contribution in [0.2, 0.25) is 0 Å². The Morgan fingerprint density at radius 1 is 0.800 bits per heavy atom. The molecule has 3 aliphatic rings. The van der Waals surface area contributed by atoms with Crippen molar-refractivity contribution in [1.82, 2.24) is 4.90 Å². The monoisotopic (exact) mass is 1020 g/mol. The van der Waals surface area contributed by atoms with Crippen molar-refractivity contribution in [3.63, 3.8) is 0 Å². The van der Waals surface area contributed by atoms with Gasteiger partial charge in [-0.3, -0.25) is 25.1 Å². The second kappa shape index (κ2) is 23.5. The summed E-state index contributed by atoms with van der Waals surface area (Å²) in [5, 5.41) is 50.2. The number of aliphatic hydroxyl groups excluding tert-OH is 2. The number of benzene rings is 6. The molecule has 0 aromatic heterocycles. The largest absolute Gasteiger partial charge is 0.459 e. The molecule has 9 rings (SSSR count). The third-order valence-corrected chi connectivity index (χ3v) is 14.3. The molecular weight excluding hydrogens is 964 g/mol. The average molecular weight is 1020 g/mol. The zero-order chi connectivity index (χ0) is 52.5. The van der Waals surface area contributed by atoms with Gasteiger partial charge in [0.05, 0.1) is 28.1 Å². The lowest BCUT2D eigenvalue weighted by molar-refractivity contribution is -0.385. The first-order chi connectivity index (χ1) is 36.5. The van der Waals surface area contributed by atoms with Gasteiger partial charge >= 0.3 is 6.09 Å². The number of halogens is 1. The summed E-state index contributed by atoms with van der Waals surface area (Å²) in [5.41, 5.74) is 2.87. The van der Waals surface area contributed by atoms with Crippen molar-refractivity contribution in [1.29, 1.82) is 0 Å². The van der Waals surface area contributed by atoms with Gasteiger partial charge in [-0.2, -0.15) is 0 Å². The Hall–Kier alpha value is -7.99. The van der Waals surface area contributed by atoms with E-state index in [0.717, 1.165) is 21.9 Å². The van der Waals surface area contributed by atoms with Gasteiger partial charge < -0.3 is 34.0 Å². The van der Waals surface area contributed by atoms with E-state index in [1.54, 1.807) is 30.3 Å². The molecule has 1 heterocycles. The van der Waals surface area contributed by atoms with E-state index >= 15 is 4.79 Å². The Kier molecular flexibility index (Phi) is 16.2. The summed E-state index contributed by atoms with van der Waals surface area (Å²) in [6.45, 7) is 3.77. The molecule has 6 aromatic carbocycles. The minimum absolute atomic E-state index is 0.00684. The van der Waals surface area contributed by atoms with Crippen LogP contribution in [-0.2, 0) is 22.7 Å². The van der Waals surface area contributed by atoms with Crippen LogP contribution >= 0.6 is 0 Å². The van der Waals surface area contributed by atoms with E-state index in [1.807, 2.05) is 60.7 Å². The first-order valence-electron chi connectivity index (χ1n) is 25.1. The van der Waals surface area contributed by atoms with E-state index in [9.17, 15) is 34.8 Å². The van der Waals surface area contributed by atoms with Crippen LogP contribution in [0.3, 0.4) is 0 Å². The molecule has 6 atom stereocenters. The number of nitro benzene ring substituents is 2. The van der Waals surface area contributed by atoms with Crippen LogP contribution in [0.25, 0.3) is 10.8 Å². The highest BCUT2D eigenvalue weighted by Gasteiger charge is 2.66. The Bertz CT molecular complexity index is 3080. The number of ether oxygens (including phenoxy) is 4. The second-order valence-electron chi connectivity index (χ2n) is 19.0. The second-order valence-corrected chi connectivity index (χ2v) is 19.0. The summed E-state index contributed by atoms with van der Waals surface area (Å²) < 4.78 is 41.8. The molecule has 0 bridgehead atoms. The molecule has 17 heteroatoms. The fourth-order valence-corrected chi connectivity index (χ4v) is 10.9. The number of non-ortho nitro benzene ring substituents is 2. The number of allylic oxidation sites excluding steroid dienone is 1. The quantitative estimate of drug-likeness (QED) is 0.0282. The minimum Gasteiger partial charge on any atom is -0.459 e. The number of carbonyl (C=O) groups excluding carboxylic acids is 1. The zero-order valence-corrected chi connectivity index (χ0v) is 41.1. The topological polar surface area (TPSA) is 206 Å². The van der Waals surface area contributed by atoms with Crippen molar-refractivity contribution < 1.29 is 53.0 Å². The molecule has 1 aliphatic heterocycles. The van der Waals surface area contributed by atoms with E-state index in [2.05, 4.69) is 12.7 Å². The van der Waals surface area contributed by atoms with Crippen LogP contribution in [0.15, 0.2) is 163 Å². The Morgan fingerprint density at radius 2 is 1.44 bits per heavy atom. The molecule has 1 fully saturated rings. The number of unbranched alkanes of at least 4 members (excludes halogenated alkanes) is 2. The van der Waals surface area contributed by atoms with Crippen molar-refractivity contribution in [2.75, 3.05) is 19.8 Å². The highest BCUT2D eigenvalue weighted by molar-refractivity contribution is 6.03. The van der Waals surface area contributed by atoms with Gasteiger partial charge in [0.15, 0.2) is 0 Å². The number of fused-ring (bicyclic) bond motifs is 3. The lowest BCUT2D eigenvalue weighted by Gasteiger charge is -2.59. The van der Waals surface area contributed by atoms with Crippen LogP contribution in [0.1, 0.15) is 67.6 Å².